The highest BCUT2D eigenvalue weighted by atomic mass is 79.9. The second kappa shape index (κ2) is 7.46. The summed E-state index contributed by atoms with van der Waals surface area (Å²) >= 11 is 3.38. The summed E-state index contributed by atoms with van der Waals surface area (Å²) in [6.45, 7) is 4.30. The largest absolute Gasteiger partial charge is 0.488 e. The van der Waals surface area contributed by atoms with Gasteiger partial charge in [0.1, 0.15) is 18.1 Å². The van der Waals surface area contributed by atoms with Crippen molar-refractivity contribution < 1.29 is 9.15 Å². The molecule has 0 aliphatic carbocycles. The predicted octanol–water partition coefficient (Wildman–Crippen LogP) is 4.37. The lowest BCUT2D eigenvalue weighted by atomic mass is 10.1. The van der Waals surface area contributed by atoms with Crippen LogP contribution in [-0.4, -0.2) is 0 Å². The van der Waals surface area contributed by atoms with E-state index < -0.39 is 0 Å². The smallest absolute Gasteiger partial charge is 0.342 e. The van der Waals surface area contributed by atoms with Gasteiger partial charge in [0.05, 0.1) is 10.9 Å². The average molecular weight is 351 g/mol. The Morgan fingerprint density at radius 2 is 1.95 bits per heavy atom. The van der Waals surface area contributed by atoms with Gasteiger partial charge in [0.2, 0.25) is 0 Å². The molecule has 0 spiro atoms. The van der Waals surface area contributed by atoms with E-state index in [1.807, 2.05) is 30.3 Å². The van der Waals surface area contributed by atoms with E-state index in [1.165, 1.54) is 0 Å². The molecule has 112 valence electrons. The van der Waals surface area contributed by atoms with Crippen molar-refractivity contribution in [3.63, 3.8) is 0 Å². The number of hydrogen-bond acceptors (Lipinski definition) is 3. The minimum absolute atomic E-state index is 0.327. The number of benzene rings is 1. The molecule has 21 heavy (non-hydrogen) atoms. The van der Waals surface area contributed by atoms with Crippen LogP contribution in [0, 0.1) is 6.92 Å². The molecule has 3 nitrogen and oxygen atoms in total. The molecular formula is C17H19BrO3. The highest BCUT2D eigenvalue weighted by molar-refractivity contribution is 9.08. The van der Waals surface area contributed by atoms with Gasteiger partial charge in [-0.2, -0.15) is 0 Å². The van der Waals surface area contributed by atoms with E-state index in [2.05, 4.69) is 22.9 Å². The molecule has 0 radical (unpaired) electrons. The summed E-state index contributed by atoms with van der Waals surface area (Å²) in [4.78, 5) is 11.9. The predicted molar refractivity (Wildman–Crippen MR) is 87.1 cm³/mol. The van der Waals surface area contributed by atoms with Crippen LogP contribution in [0.25, 0.3) is 0 Å². The number of alkyl halides is 1. The fourth-order valence-corrected chi connectivity index (χ4v) is 2.68. The van der Waals surface area contributed by atoms with Crippen LogP contribution in [0.4, 0.5) is 0 Å². The number of halogens is 1. The van der Waals surface area contributed by atoms with Crippen LogP contribution in [0.15, 0.2) is 39.5 Å². The second-order valence-corrected chi connectivity index (χ2v) is 5.46. The minimum atomic E-state index is -0.327. The first kappa shape index (κ1) is 15.8. The first-order chi connectivity index (χ1) is 10.2. The molecular weight excluding hydrogens is 332 g/mol. The molecule has 2 rings (SSSR count). The van der Waals surface area contributed by atoms with Crippen molar-refractivity contribution in [1.82, 2.24) is 0 Å². The van der Waals surface area contributed by atoms with E-state index in [4.69, 9.17) is 9.15 Å². The van der Waals surface area contributed by atoms with E-state index in [0.717, 1.165) is 24.0 Å². The average Bonchev–Trinajstić information content (AvgIpc) is 2.51. The zero-order valence-corrected chi connectivity index (χ0v) is 13.9. The Labute approximate surface area is 133 Å². The maximum atomic E-state index is 11.9. The van der Waals surface area contributed by atoms with Crippen molar-refractivity contribution in [2.75, 3.05) is 0 Å². The molecule has 1 aromatic carbocycles. The van der Waals surface area contributed by atoms with Crippen molar-refractivity contribution in [2.45, 2.75) is 38.6 Å². The van der Waals surface area contributed by atoms with Gasteiger partial charge in [-0.15, -0.1) is 0 Å². The molecule has 4 heteroatoms. The molecule has 0 aliphatic heterocycles. The van der Waals surface area contributed by atoms with E-state index in [0.29, 0.717) is 29.0 Å². The molecule has 0 amide bonds. The van der Waals surface area contributed by atoms with E-state index >= 15 is 0 Å². The maximum Gasteiger partial charge on any atom is 0.342 e. The molecule has 2 aromatic rings. The first-order valence-electron chi connectivity index (χ1n) is 7.05. The van der Waals surface area contributed by atoms with Gasteiger partial charge in [-0.25, -0.2) is 4.79 Å². The van der Waals surface area contributed by atoms with Crippen molar-refractivity contribution in [3.05, 3.63) is 63.2 Å². The Morgan fingerprint density at radius 3 is 2.57 bits per heavy atom. The van der Waals surface area contributed by atoms with Crippen molar-refractivity contribution in [2.24, 2.45) is 0 Å². The van der Waals surface area contributed by atoms with Crippen molar-refractivity contribution >= 4 is 15.9 Å². The van der Waals surface area contributed by atoms with Gasteiger partial charge >= 0.3 is 5.63 Å². The Balaban J connectivity index is 2.36. The lowest BCUT2D eigenvalue weighted by molar-refractivity contribution is 0.292. The number of ether oxygens (including phenoxy) is 1. The van der Waals surface area contributed by atoms with Gasteiger partial charge in [-0.05, 0) is 18.9 Å². The van der Waals surface area contributed by atoms with Gasteiger partial charge < -0.3 is 9.15 Å². The Morgan fingerprint density at radius 1 is 1.24 bits per heavy atom. The molecule has 0 unspecified atom stereocenters. The monoisotopic (exact) mass is 350 g/mol. The van der Waals surface area contributed by atoms with Crippen LogP contribution >= 0.6 is 15.9 Å². The van der Waals surface area contributed by atoms with Crippen LogP contribution in [0.1, 0.15) is 35.8 Å². The normalized spacial score (nSPS) is 10.6. The minimum Gasteiger partial charge on any atom is -0.488 e. The lowest BCUT2D eigenvalue weighted by Gasteiger charge is -2.15. The summed E-state index contributed by atoms with van der Waals surface area (Å²) in [5.74, 6) is 1.34. The standard InChI is InChI=1S/C17H19BrO3/c1-3-7-14-15(10-18)21-17(19)12(2)16(14)20-11-13-8-5-4-6-9-13/h4-6,8-9H,3,7,10-11H2,1-2H3. The third-order valence-corrected chi connectivity index (χ3v) is 3.83. The van der Waals surface area contributed by atoms with E-state index in [1.54, 1.807) is 6.92 Å². The third-order valence-electron chi connectivity index (χ3n) is 3.32. The van der Waals surface area contributed by atoms with Gasteiger partial charge in [0.15, 0.2) is 0 Å². The molecule has 1 aromatic heterocycles. The Kier molecular flexibility index (Phi) is 5.62. The summed E-state index contributed by atoms with van der Waals surface area (Å²) in [6.07, 6.45) is 1.80. The molecule has 0 bridgehead atoms. The number of hydrogen-bond donors (Lipinski definition) is 0. The highest BCUT2D eigenvalue weighted by Crippen LogP contribution is 2.28. The van der Waals surface area contributed by atoms with Crippen LogP contribution in [0.2, 0.25) is 0 Å². The summed E-state index contributed by atoms with van der Waals surface area (Å²) in [5, 5.41) is 0.513. The summed E-state index contributed by atoms with van der Waals surface area (Å²) in [7, 11) is 0. The zero-order valence-electron chi connectivity index (χ0n) is 12.3. The topological polar surface area (TPSA) is 39.4 Å². The van der Waals surface area contributed by atoms with Crippen LogP contribution < -0.4 is 10.4 Å². The molecule has 0 saturated heterocycles. The summed E-state index contributed by atoms with van der Waals surface area (Å²) < 4.78 is 11.3. The van der Waals surface area contributed by atoms with Gasteiger partial charge in [-0.3, -0.25) is 0 Å². The van der Waals surface area contributed by atoms with Gasteiger partial charge in [0.25, 0.3) is 0 Å². The molecule has 0 aliphatic rings. The Bertz CT molecular complexity index is 647. The quantitative estimate of drug-likeness (QED) is 0.726. The third kappa shape index (κ3) is 3.76. The molecule has 0 fully saturated rings. The zero-order chi connectivity index (χ0) is 15.2. The fourth-order valence-electron chi connectivity index (χ4n) is 2.23. The summed E-state index contributed by atoms with van der Waals surface area (Å²) in [6, 6.07) is 9.93. The van der Waals surface area contributed by atoms with Crippen molar-refractivity contribution in [3.8, 4) is 5.75 Å². The first-order valence-corrected chi connectivity index (χ1v) is 8.17. The fraction of sp³-hybridized carbons (Fsp3) is 0.353. The molecule has 0 saturated carbocycles. The maximum absolute atomic E-state index is 11.9. The number of rotatable bonds is 6. The molecule has 0 N–H and O–H groups in total. The summed E-state index contributed by atoms with van der Waals surface area (Å²) in [5.41, 5.74) is 2.28. The lowest BCUT2D eigenvalue weighted by Crippen LogP contribution is -2.12. The highest BCUT2D eigenvalue weighted by Gasteiger charge is 2.17. The molecule has 0 atom stereocenters. The van der Waals surface area contributed by atoms with Crippen LogP contribution in [0.3, 0.4) is 0 Å². The van der Waals surface area contributed by atoms with E-state index in [9.17, 15) is 4.79 Å². The van der Waals surface area contributed by atoms with Crippen LogP contribution in [-0.2, 0) is 18.4 Å². The SMILES string of the molecule is CCCc1c(CBr)oc(=O)c(C)c1OCc1ccccc1. The van der Waals surface area contributed by atoms with Crippen molar-refractivity contribution in [1.29, 1.82) is 0 Å². The van der Waals surface area contributed by atoms with Gasteiger partial charge in [-0.1, -0.05) is 59.6 Å². The van der Waals surface area contributed by atoms with E-state index in [-0.39, 0.29) is 5.63 Å². The molecule has 1 heterocycles. The Hall–Kier alpha value is -1.55. The van der Waals surface area contributed by atoms with Crippen LogP contribution in [0.5, 0.6) is 5.75 Å². The second-order valence-electron chi connectivity index (χ2n) is 4.90. The van der Waals surface area contributed by atoms with Gasteiger partial charge in [0, 0.05) is 5.56 Å².